The van der Waals surface area contributed by atoms with Gasteiger partial charge in [0.15, 0.2) is 11.2 Å². The van der Waals surface area contributed by atoms with Gasteiger partial charge in [-0.05, 0) is 27.7 Å². The molecule has 1 aliphatic heterocycles. The summed E-state index contributed by atoms with van der Waals surface area (Å²) in [5.74, 6) is 0.151. The Labute approximate surface area is 129 Å². The third kappa shape index (κ3) is 3.75. The fraction of sp³-hybridized carbons (Fsp3) is 0.562. The lowest BCUT2D eigenvalue weighted by molar-refractivity contribution is -0.131. The summed E-state index contributed by atoms with van der Waals surface area (Å²) in [6.45, 7) is 8.61. The molecule has 6 nitrogen and oxygen atoms in total. The predicted molar refractivity (Wildman–Crippen MR) is 81.6 cm³/mol. The van der Waals surface area contributed by atoms with Crippen LogP contribution in [0, 0.1) is 12.8 Å². The highest BCUT2D eigenvalue weighted by molar-refractivity contribution is 5.91. The Hall–Kier alpha value is -2.11. The monoisotopic (exact) mass is 306 g/mol. The van der Waals surface area contributed by atoms with Gasteiger partial charge in [0.2, 0.25) is 5.91 Å². The van der Waals surface area contributed by atoms with Crippen molar-refractivity contribution in [3.05, 3.63) is 33.9 Å². The summed E-state index contributed by atoms with van der Waals surface area (Å²) in [6, 6.07) is 2.50. The van der Waals surface area contributed by atoms with Gasteiger partial charge in [0, 0.05) is 43.1 Å². The predicted octanol–water partition coefficient (Wildman–Crippen LogP) is 1.33. The lowest BCUT2D eigenvalue weighted by Gasteiger charge is -2.32. The molecular weight excluding hydrogens is 284 g/mol. The number of aryl methyl sites for hydroxylation is 1. The lowest BCUT2D eigenvalue weighted by atomic mass is 10.1. The minimum atomic E-state index is -0.428. The first kappa shape index (κ1) is 16.3. The molecule has 2 heterocycles. The molecule has 1 fully saturated rings. The molecule has 1 N–H and O–H groups in total. The third-order valence-corrected chi connectivity index (χ3v) is 3.68. The number of nitrogens with one attached hydrogen (secondary N) is 1. The van der Waals surface area contributed by atoms with Gasteiger partial charge in [0.1, 0.15) is 5.76 Å². The van der Waals surface area contributed by atoms with Crippen molar-refractivity contribution >= 4 is 11.8 Å². The molecule has 0 aromatic carbocycles. The van der Waals surface area contributed by atoms with Crippen molar-refractivity contribution in [2.45, 2.75) is 39.7 Å². The van der Waals surface area contributed by atoms with Crippen molar-refractivity contribution in [3.63, 3.8) is 0 Å². The van der Waals surface area contributed by atoms with E-state index >= 15 is 0 Å². The molecule has 22 heavy (non-hydrogen) atoms. The molecule has 1 aliphatic rings. The molecule has 0 saturated carbocycles. The van der Waals surface area contributed by atoms with Crippen molar-refractivity contribution in [1.82, 2.24) is 10.2 Å². The molecule has 1 unspecified atom stereocenters. The maximum absolute atomic E-state index is 12.0. The van der Waals surface area contributed by atoms with Crippen LogP contribution in [-0.2, 0) is 4.79 Å². The topological polar surface area (TPSA) is 79.6 Å². The molecule has 0 spiro atoms. The van der Waals surface area contributed by atoms with Crippen LogP contribution in [0.15, 0.2) is 21.3 Å². The molecule has 2 amide bonds. The highest BCUT2D eigenvalue weighted by atomic mass is 16.3. The summed E-state index contributed by atoms with van der Waals surface area (Å²) >= 11 is 0. The summed E-state index contributed by atoms with van der Waals surface area (Å²) < 4.78 is 5.24. The summed E-state index contributed by atoms with van der Waals surface area (Å²) in [5, 5.41) is 2.74. The largest absolute Gasteiger partial charge is 0.456 e. The maximum atomic E-state index is 12.0. The highest BCUT2D eigenvalue weighted by Gasteiger charge is 2.36. The molecule has 0 aliphatic carbocycles. The van der Waals surface area contributed by atoms with Crippen LogP contribution in [-0.4, -0.2) is 35.3 Å². The zero-order chi connectivity index (χ0) is 16.5. The normalized spacial score (nSPS) is 18.6. The van der Waals surface area contributed by atoms with Crippen molar-refractivity contribution in [2.24, 2.45) is 5.92 Å². The molecule has 1 aromatic heterocycles. The van der Waals surface area contributed by atoms with Crippen LogP contribution in [0.1, 0.15) is 43.5 Å². The van der Waals surface area contributed by atoms with E-state index in [1.165, 1.54) is 12.1 Å². The molecule has 120 valence electrons. The average molecular weight is 306 g/mol. The summed E-state index contributed by atoms with van der Waals surface area (Å²) in [4.78, 5) is 37.2. The van der Waals surface area contributed by atoms with Crippen LogP contribution < -0.4 is 10.7 Å². The fourth-order valence-corrected chi connectivity index (χ4v) is 2.61. The zero-order valence-electron chi connectivity index (χ0n) is 13.4. The average Bonchev–Trinajstić information content (AvgIpc) is 2.76. The molecule has 6 heteroatoms. The van der Waals surface area contributed by atoms with E-state index in [9.17, 15) is 14.4 Å². The van der Waals surface area contributed by atoms with Gasteiger partial charge < -0.3 is 14.6 Å². The molecule has 2 rings (SSSR count). The molecule has 0 radical (unpaired) electrons. The maximum Gasteiger partial charge on any atom is 0.287 e. The highest BCUT2D eigenvalue weighted by Crippen LogP contribution is 2.25. The van der Waals surface area contributed by atoms with E-state index in [1.807, 2.05) is 25.7 Å². The minimum absolute atomic E-state index is 0.00185. The number of likely N-dealkylation sites (tertiary alicyclic amines) is 1. The Morgan fingerprint density at radius 3 is 2.59 bits per heavy atom. The molecule has 1 aromatic rings. The molecule has 0 bridgehead atoms. The SMILES string of the molecule is Cc1cc(=O)cc(C(=O)NCC2CC(=O)N(C(C)(C)C)C2)o1. The van der Waals surface area contributed by atoms with Crippen LogP contribution >= 0.6 is 0 Å². The van der Waals surface area contributed by atoms with Crippen molar-refractivity contribution in [2.75, 3.05) is 13.1 Å². The number of carbonyl (C=O) groups excluding carboxylic acids is 2. The second kappa shape index (κ2) is 5.94. The van der Waals surface area contributed by atoms with E-state index < -0.39 is 5.91 Å². The summed E-state index contributed by atoms with van der Waals surface area (Å²) in [7, 11) is 0. The van der Waals surface area contributed by atoms with Crippen LogP contribution in [0.2, 0.25) is 0 Å². The van der Waals surface area contributed by atoms with E-state index in [0.29, 0.717) is 25.3 Å². The van der Waals surface area contributed by atoms with Gasteiger partial charge in [-0.25, -0.2) is 0 Å². The Morgan fingerprint density at radius 2 is 2.05 bits per heavy atom. The van der Waals surface area contributed by atoms with E-state index in [4.69, 9.17) is 4.42 Å². The number of rotatable bonds is 3. The van der Waals surface area contributed by atoms with E-state index in [-0.39, 0.29) is 28.6 Å². The van der Waals surface area contributed by atoms with Crippen LogP contribution in [0.3, 0.4) is 0 Å². The Balaban J connectivity index is 1.95. The van der Waals surface area contributed by atoms with E-state index in [0.717, 1.165) is 0 Å². The van der Waals surface area contributed by atoms with Gasteiger partial charge in [-0.15, -0.1) is 0 Å². The lowest BCUT2D eigenvalue weighted by Crippen LogP contribution is -2.42. The number of carbonyl (C=O) groups is 2. The van der Waals surface area contributed by atoms with Gasteiger partial charge in [-0.1, -0.05) is 0 Å². The first-order valence-corrected chi connectivity index (χ1v) is 7.37. The number of nitrogens with zero attached hydrogens (tertiary/aromatic N) is 1. The molecule has 1 atom stereocenters. The first-order chi connectivity index (χ1) is 10.2. The Kier molecular flexibility index (Phi) is 4.39. The Bertz CT molecular complexity index is 642. The number of amides is 2. The van der Waals surface area contributed by atoms with Crippen LogP contribution in [0.5, 0.6) is 0 Å². The van der Waals surface area contributed by atoms with Gasteiger partial charge in [-0.2, -0.15) is 0 Å². The number of hydrogen-bond acceptors (Lipinski definition) is 4. The smallest absolute Gasteiger partial charge is 0.287 e. The van der Waals surface area contributed by atoms with Crippen molar-refractivity contribution in [3.8, 4) is 0 Å². The zero-order valence-corrected chi connectivity index (χ0v) is 13.4. The molecular formula is C16H22N2O4. The third-order valence-electron chi connectivity index (χ3n) is 3.68. The molecule has 1 saturated heterocycles. The Morgan fingerprint density at radius 1 is 1.36 bits per heavy atom. The second-order valence-electron chi connectivity index (χ2n) is 6.72. The van der Waals surface area contributed by atoms with Crippen molar-refractivity contribution < 1.29 is 14.0 Å². The first-order valence-electron chi connectivity index (χ1n) is 7.37. The summed E-state index contributed by atoms with van der Waals surface area (Å²) in [5.41, 5.74) is -0.469. The van der Waals surface area contributed by atoms with E-state index in [2.05, 4.69) is 5.32 Å². The van der Waals surface area contributed by atoms with Gasteiger partial charge in [-0.3, -0.25) is 14.4 Å². The van der Waals surface area contributed by atoms with Gasteiger partial charge >= 0.3 is 0 Å². The van der Waals surface area contributed by atoms with E-state index in [1.54, 1.807) is 6.92 Å². The minimum Gasteiger partial charge on any atom is -0.456 e. The van der Waals surface area contributed by atoms with Crippen LogP contribution in [0.25, 0.3) is 0 Å². The fourth-order valence-electron chi connectivity index (χ4n) is 2.61. The summed E-state index contributed by atoms with van der Waals surface area (Å²) in [6.07, 6.45) is 0.426. The van der Waals surface area contributed by atoms with Gasteiger partial charge in [0.05, 0.1) is 0 Å². The quantitative estimate of drug-likeness (QED) is 0.913. The van der Waals surface area contributed by atoms with Crippen molar-refractivity contribution in [1.29, 1.82) is 0 Å². The number of hydrogen-bond donors (Lipinski definition) is 1. The van der Waals surface area contributed by atoms with Gasteiger partial charge in [0.25, 0.3) is 5.91 Å². The van der Waals surface area contributed by atoms with Crippen LogP contribution in [0.4, 0.5) is 0 Å². The second-order valence-corrected chi connectivity index (χ2v) is 6.72. The standard InChI is InChI=1S/C16H22N2O4/c1-10-5-12(19)7-13(22-10)15(21)17-8-11-6-14(20)18(9-11)16(2,3)4/h5,7,11H,6,8-9H2,1-4H3,(H,17,21).